The third-order valence-electron chi connectivity index (χ3n) is 3.42. The number of benzene rings is 1. The van der Waals surface area contributed by atoms with Crippen LogP contribution in [-0.2, 0) is 6.42 Å². The molecule has 2 aromatic rings. The lowest BCUT2D eigenvalue weighted by atomic mass is 10.1. The standard InChI is InChI=1S/C17H20N2O2S.ClH/c1-13(20)15-11-16(22-12-15)17(21)19(10-8-18)9-7-14-5-3-2-4-6-14;/h2-6,11-12H,7-10,18H2,1H3;1H. The van der Waals surface area contributed by atoms with Crippen LogP contribution in [0, 0.1) is 0 Å². The Hall–Kier alpha value is -1.69. The Balaban J connectivity index is 0.00000264. The smallest absolute Gasteiger partial charge is 0.263 e. The van der Waals surface area contributed by atoms with E-state index in [1.807, 2.05) is 30.3 Å². The Bertz CT molecular complexity index is 643. The number of rotatable bonds is 7. The van der Waals surface area contributed by atoms with Gasteiger partial charge < -0.3 is 10.6 Å². The fourth-order valence-corrected chi connectivity index (χ4v) is 3.08. The van der Waals surface area contributed by atoms with Crippen LogP contribution in [0.4, 0.5) is 0 Å². The van der Waals surface area contributed by atoms with Gasteiger partial charge in [0, 0.05) is 30.6 Å². The highest BCUT2D eigenvalue weighted by molar-refractivity contribution is 7.12. The van der Waals surface area contributed by atoms with Crippen molar-refractivity contribution in [1.29, 1.82) is 0 Å². The fourth-order valence-electron chi connectivity index (χ4n) is 2.17. The van der Waals surface area contributed by atoms with Crippen LogP contribution in [0.1, 0.15) is 32.5 Å². The quantitative estimate of drug-likeness (QED) is 0.779. The van der Waals surface area contributed by atoms with Crippen LogP contribution in [0.15, 0.2) is 41.8 Å². The van der Waals surface area contributed by atoms with Crippen LogP contribution in [0.3, 0.4) is 0 Å². The van der Waals surface area contributed by atoms with Crippen LogP contribution >= 0.6 is 23.7 Å². The molecule has 124 valence electrons. The van der Waals surface area contributed by atoms with Gasteiger partial charge in [0.05, 0.1) is 4.88 Å². The van der Waals surface area contributed by atoms with Crippen molar-refractivity contribution < 1.29 is 9.59 Å². The zero-order valence-electron chi connectivity index (χ0n) is 13.0. The molecule has 2 rings (SSSR count). The van der Waals surface area contributed by atoms with Gasteiger partial charge in [-0.1, -0.05) is 30.3 Å². The van der Waals surface area contributed by atoms with Gasteiger partial charge in [-0.15, -0.1) is 23.7 Å². The van der Waals surface area contributed by atoms with E-state index in [1.165, 1.54) is 23.8 Å². The van der Waals surface area contributed by atoms with E-state index < -0.39 is 0 Å². The number of Topliss-reactive ketones (excluding diaryl/α,β-unsaturated/α-hetero) is 1. The molecule has 23 heavy (non-hydrogen) atoms. The first-order chi connectivity index (χ1) is 10.6. The lowest BCUT2D eigenvalue weighted by molar-refractivity contribution is 0.0767. The van der Waals surface area contributed by atoms with Gasteiger partial charge in [-0.3, -0.25) is 9.59 Å². The molecule has 1 amide bonds. The van der Waals surface area contributed by atoms with E-state index in [2.05, 4.69) is 0 Å². The van der Waals surface area contributed by atoms with Crippen molar-refractivity contribution in [3.63, 3.8) is 0 Å². The summed E-state index contributed by atoms with van der Waals surface area (Å²) in [5.41, 5.74) is 7.40. The average Bonchev–Trinajstić information content (AvgIpc) is 3.02. The molecule has 2 N–H and O–H groups in total. The molecule has 0 atom stereocenters. The zero-order chi connectivity index (χ0) is 15.9. The lowest BCUT2D eigenvalue weighted by Crippen LogP contribution is -2.36. The van der Waals surface area contributed by atoms with Gasteiger partial charge in [-0.2, -0.15) is 0 Å². The summed E-state index contributed by atoms with van der Waals surface area (Å²) in [5.74, 6) is -0.0798. The maximum absolute atomic E-state index is 12.6. The number of carbonyl (C=O) groups excluding carboxylic acids is 2. The Morgan fingerprint density at radius 1 is 1.17 bits per heavy atom. The van der Waals surface area contributed by atoms with Crippen molar-refractivity contribution in [2.45, 2.75) is 13.3 Å². The lowest BCUT2D eigenvalue weighted by Gasteiger charge is -2.21. The van der Waals surface area contributed by atoms with Crippen LogP contribution in [0.5, 0.6) is 0 Å². The summed E-state index contributed by atoms with van der Waals surface area (Å²) in [5, 5.41) is 1.73. The Morgan fingerprint density at radius 2 is 1.87 bits per heavy atom. The van der Waals surface area contributed by atoms with Crippen LogP contribution in [-0.4, -0.2) is 36.2 Å². The SMILES string of the molecule is CC(=O)c1csc(C(=O)N(CCN)CCc2ccccc2)c1.Cl. The first-order valence-corrected chi connectivity index (χ1v) is 8.12. The molecule has 0 fully saturated rings. The summed E-state index contributed by atoms with van der Waals surface area (Å²) in [6.45, 7) is 3.06. The second-order valence-electron chi connectivity index (χ2n) is 5.07. The molecule has 0 radical (unpaired) electrons. The van der Waals surface area contributed by atoms with E-state index in [0.717, 1.165) is 6.42 Å². The number of hydrogen-bond acceptors (Lipinski definition) is 4. The summed E-state index contributed by atoms with van der Waals surface area (Å²) in [6, 6.07) is 11.7. The van der Waals surface area contributed by atoms with Gasteiger partial charge >= 0.3 is 0 Å². The average molecular weight is 353 g/mol. The Labute approximate surface area is 146 Å². The van der Waals surface area contributed by atoms with E-state index in [9.17, 15) is 9.59 Å². The fraction of sp³-hybridized carbons (Fsp3) is 0.294. The van der Waals surface area contributed by atoms with Gasteiger partial charge in [0.25, 0.3) is 5.91 Å². The Kier molecular flexibility index (Phi) is 7.95. The summed E-state index contributed by atoms with van der Waals surface area (Å²) >= 11 is 1.31. The van der Waals surface area contributed by atoms with Gasteiger partial charge in [0.15, 0.2) is 5.78 Å². The highest BCUT2D eigenvalue weighted by Gasteiger charge is 2.18. The zero-order valence-corrected chi connectivity index (χ0v) is 14.7. The molecule has 0 aliphatic rings. The number of thiophene rings is 1. The molecule has 4 nitrogen and oxygen atoms in total. The summed E-state index contributed by atoms with van der Waals surface area (Å²) < 4.78 is 0. The minimum atomic E-state index is -0.0566. The van der Waals surface area contributed by atoms with Crippen LogP contribution < -0.4 is 5.73 Å². The van der Waals surface area contributed by atoms with Gasteiger partial charge in [0.2, 0.25) is 0 Å². The summed E-state index contributed by atoms with van der Waals surface area (Å²) in [7, 11) is 0. The van der Waals surface area contributed by atoms with Gasteiger partial charge in [-0.05, 0) is 25.0 Å². The number of nitrogens with two attached hydrogens (primary N) is 1. The highest BCUT2D eigenvalue weighted by Crippen LogP contribution is 2.17. The van der Waals surface area contributed by atoms with Crippen LogP contribution in [0.25, 0.3) is 0 Å². The molecular formula is C17H21ClN2O2S. The maximum atomic E-state index is 12.6. The number of carbonyl (C=O) groups is 2. The molecule has 0 aliphatic carbocycles. The molecule has 0 bridgehead atoms. The van der Waals surface area contributed by atoms with Crippen molar-refractivity contribution in [2.75, 3.05) is 19.6 Å². The summed E-state index contributed by atoms with van der Waals surface area (Å²) in [6.07, 6.45) is 0.789. The van der Waals surface area contributed by atoms with Crippen molar-refractivity contribution in [3.8, 4) is 0 Å². The predicted molar refractivity (Wildman–Crippen MR) is 96.7 cm³/mol. The highest BCUT2D eigenvalue weighted by atomic mass is 35.5. The number of halogens is 1. The first-order valence-electron chi connectivity index (χ1n) is 7.24. The largest absolute Gasteiger partial charge is 0.336 e. The minimum absolute atomic E-state index is 0. The van der Waals surface area contributed by atoms with E-state index in [-0.39, 0.29) is 24.1 Å². The molecule has 0 aliphatic heterocycles. The van der Waals surface area contributed by atoms with Gasteiger partial charge in [0.1, 0.15) is 0 Å². The van der Waals surface area contributed by atoms with Crippen molar-refractivity contribution in [1.82, 2.24) is 4.90 Å². The third kappa shape index (κ3) is 5.46. The molecule has 1 aromatic carbocycles. The van der Waals surface area contributed by atoms with E-state index >= 15 is 0 Å². The second-order valence-corrected chi connectivity index (χ2v) is 5.98. The topological polar surface area (TPSA) is 63.4 Å². The minimum Gasteiger partial charge on any atom is -0.336 e. The number of amides is 1. The van der Waals surface area contributed by atoms with E-state index in [0.29, 0.717) is 30.1 Å². The Morgan fingerprint density at radius 3 is 2.43 bits per heavy atom. The first kappa shape index (κ1) is 19.4. The van der Waals surface area contributed by atoms with Gasteiger partial charge in [-0.25, -0.2) is 0 Å². The number of ketones is 1. The molecule has 0 unspecified atom stereocenters. The van der Waals surface area contributed by atoms with Crippen molar-refractivity contribution >= 4 is 35.4 Å². The molecule has 1 heterocycles. The number of nitrogens with zero attached hydrogens (tertiary/aromatic N) is 1. The van der Waals surface area contributed by atoms with Crippen molar-refractivity contribution in [2.24, 2.45) is 5.73 Å². The van der Waals surface area contributed by atoms with E-state index in [1.54, 1.807) is 16.3 Å². The molecule has 0 saturated carbocycles. The second kappa shape index (κ2) is 9.45. The van der Waals surface area contributed by atoms with Crippen LogP contribution in [0.2, 0.25) is 0 Å². The molecule has 1 aromatic heterocycles. The third-order valence-corrected chi connectivity index (χ3v) is 4.33. The predicted octanol–water partition coefficient (Wildman–Crippen LogP) is 3.02. The maximum Gasteiger partial charge on any atom is 0.263 e. The molecule has 0 saturated heterocycles. The normalized spacial score (nSPS) is 10.0. The summed E-state index contributed by atoms with van der Waals surface area (Å²) in [4.78, 5) is 26.3. The monoisotopic (exact) mass is 352 g/mol. The van der Waals surface area contributed by atoms with Crippen molar-refractivity contribution in [3.05, 3.63) is 57.8 Å². The number of hydrogen-bond donors (Lipinski definition) is 1. The molecule has 6 heteroatoms. The molecular weight excluding hydrogens is 332 g/mol. The molecule has 0 spiro atoms. The van der Waals surface area contributed by atoms with E-state index in [4.69, 9.17) is 5.73 Å².